The summed E-state index contributed by atoms with van der Waals surface area (Å²) in [5.41, 5.74) is 1.07. The van der Waals surface area contributed by atoms with Crippen LogP contribution in [0.25, 0.3) is 0 Å². The first kappa shape index (κ1) is 15.2. The minimum atomic E-state index is -0.171. The van der Waals surface area contributed by atoms with E-state index in [9.17, 15) is 4.79 Å². The Labute approximate surface area is 128 Å². The molecule has 1 amide bonds. The first-order valence-corrected chi connectivity index (χ1v) is 7.33. The van der Waals surface area contributed by atoms with E-state index in [2.05, 4.69) is 5.32 Å². The predicted molar refractivity (Wildman–Crippen MR) is 82.3 cm³/mol. The molecule has 0 aliphatic carbocycles. The third-order valence-electron chi connectivity index (χ3n) is 3.09. The molecule has 1 atom stereocenters. The highest BCUT2D eigenvalue weighted by atomic mass is 32.1. The number of carbonyl (C=O) groups excluding carboxylic acids is 1. The van der Waals surface area contributed by atoms with Crippen LogP contribution in [0.4, 0.5) is 0 Å². The van der Waals surface area contributed by atoms with Crippen LogP contribution in [0.1, 0.15) is 31.8 Å². The maximum absolute atomic E-state index is 12.1. The molecule has 4 nitrogen and oxygen atoms in total. The number of thiophene rings is 1. The molecule has 1 aromatic carbocycles. The van der Waals surface area contributed by atoms with Gasteiger partial charge in [0.15, 0.2) is 0 Å². The van der Waals surface area contributed by atoms with Crippen molar-refractivity contribution in [2.75, 3.05) is 13.7 Å². The van der Waals surface area contributed by atoms with Gasteiger partial charge in [0.25, 0.3) is 5.91 Å². The van der Waals surface area contributed by atoms with Crippen molar-refractivity contribution in [2.45, 2.75) is 13.0 Å². The van der Waals surface area contributed by atoms with Crippen LogP contribution in [0.5, 0.6) is 0 Å². The number of methoxy groups -OCH3 is 1. The van der Waals surface area contributed by atoms with E-state index >= 15 is 0 Å². The van der Waals surface area contributed by atoms with Crippen LogP contribution in [0.2, 0.25) is 0 Å². The minimum Gasteiger partial charge on any atom is -0.374 e. The number of rotatable bonds is 5. The highest BCUT2D eigenvalue weighted by Crippen LogP contribution is 2.24. The molecule has 0 aliphatic heterocycles. The van der Waals surface area contributed by atoms with Gasteiger partial charge >= 0.3 is 0 Å². The predicted octanol–water partition coefficient (Wildman–Crippen LogP) is 3.05. The molecule has 1 aromatic heterocycles. The lowest BCUT2D eigenvalue weighted by Crippen LogP contribution is -2.28. The fourth-order valence-electron chi connectivity index (χ4n) is 1.91. The van der Waals surface area contributed by atoms with Gasteiger partial charge in [-0.05, 0) is 43.3 Å². The van der Waals surface area contributed by atoms with Crippen LogP contribution in [0.3, 0.4) is 0 Å². The Kier molecular flexibility index (Phi) is 5.09. The average Bonchev–Trinajstić information content (AvgIpc) is 2.94. The van der Waals surface area contributed by atoms with E-state index in [0.717, 1.165) is 4.88 Å². The molecule has 108 valence electrons. The van der Waals surface area contributed by atoms with Gasteiger partial charge in [0.05, 0.1) is 11.6 Å². The molecule has 1 heterocycles. The molecule has 0 fully saturated rings. The molecule has 5 heteroatoms. The number of nitrogens with one attached hydrogen (secondary N) is 1. The smallest absolute Gasteiger partial charge is 0.251 e. The van der Waals surface area contributed by atoms with Gasteiger partial charge in [-0.15, -0.1) is 11.3 Å². The van der Waals surface area contributed by atoms with Gasteiger partial charge in [0.2, 0.25) is 0 Å². The van der Waals surface area contributed by atoms with Crippen LogP contribution >= 0.6 is 11.3 Å². The zero-order chi connectivity index (χ0) is 15.2. The van der Waals surface area contributed by atoms with Crippen LogP contribution in [0.15, 0.2) is 36.4 Å². The average molecular weight is 300 g/mol. The largest absolute Gasteiger partial charge is 0.374 e. The summed E-state index contributed by atoms with van der Waals surface area (Å²) in [4.78, 5) is 14.4. The van der Waals surface area contributed by atoms with E-state index < -0.39 is 0 Å². The van der Waals surface area contributed by atoms with Crippen molar-refractivity contribution >= 4 is 17.2 Å². The van der Waals surface area contributed by atoms with Gasteiger partial charge in [0, 0.05) is 29.0 Å². The van der Waals surface area contributed by atoms with Crippen LogP contribution in [-0.2, 0) is 4.74 Å². The van der Waals surface area contributed by atoms with E-state index in [-0.39, 0.29) is 12.0 Å². The summed E-state index contributed by atoms with van der Waals surface area (Å²) in [7, 11) is 1.63. The van der Waals surface area contributed by atoms with E-state index in [0.29, 0.717) is 17.7 Å². The van der Waals surface area contributed by atoms with E-state index in [1.165, 1.54) is 4.88 Å². The molecular weight excluding hydrogens is 284 g/mol. The molecule has 0 spiro atoms. The normalized spacial score (nSPS) is 11.7. The standard InChI is InChI=1S/C16H16N2O2S/c1-11-3-8-15(21-11)14(20-2)10-18-16(19)13-6-4-12(9-17)5-7-13/h3-8,14H,10H2,1-2H3,(H,18,19). The van der Waals surface area contributed by atoms with Crippen molar-refractivity contribution in [3.8, 4) is 6.07 Å². The van der Waals surface area contributed by atoms with Crippen molar-refractivity contribution in [2.24, 2.45) is 0 Å². The molecule has 2 rings (SSSR count). The summed E-state index contributed by atoms with van der Waals surface area (Å²) >= 11 is 1.66. The van der Waals surface area contributed by atoms with Gasteiger partial charge < -0.3 is 10.1 Å². The number of aryl methyl sites for hydroxylation is 1. The number of hydrogen-bond acceptors (Lipinski definition) is 4. The van der Waals surface area contributed by atoms with Gasteiger partial charge in [-0.3, -0.25) is 4.79 Å². The molecule has 0 saturated carbocycles. The Bertz CT molecular complexity index is 656. The third kappa shape index (κ3) is 3.91. The summed E-state index contributed by atoms with van der Waals surface area (Å²) in [6, 6.07) is 12.6. The second-order valence-electron chi connectivity index (χ2n) is 4.57. The summed E-state index contributed by atoms with van der Waals surface area (Å²) in [5.74, 6) is -0.171. The van der Waals surface area contributed by atoms with Crippen molar-refractivity contribution < 1.29 is 9.53 Å². The topological polar surface area (TPSA) is 62.1 Å². The van der Waals surface area contributed by atoms with Crippen LogP contribution in [0, 0.1) is 18.3 Å². The second kappa shape index (κ2) is 7.02. The zero-order valence-electron chi connectivity index (χ0n) is 11.9. The number of amides is 1. The lowest BCUT2D eigenvalue weighted by atomic mass is 10.1. The number of ether oxygens (including phenoxy) is 1. The molecule has 1 unspecified atom stereocenters. The quantitative estimate of drug-likeness (QED) is 0.923. The van der Waals surface area contributed by atoms with E-state index in [1.54, 1.807) is 42.7 Å². The van der Waals surface area contributed by atoms with Crippen LogP contribution in [-0.4, -0.2) is 19.6 Å². The van der Waals surface area contributed by atoms with Crippen molar-refractivity contribution in [1.29, 1.82) is 5.26 Å². The number of nitrogens with zero attached hydrogens (tertiary/aromatic N) is 1. The molecule has 0 radical (unpaired) electrons. The Morgan fingerprint density at radius 3 is 2.57 bits per heavy atom. The molecule has 1 N–H and O–H groups in total. The first-order valence-electron chi connectivity index (χ1n) is 6.51. The van der Waals surface area contributed by atoms with Crippen molar-refractivity contribution in [3.63, 3.8) is 0 Å². The summed E-state index contributed by atoms with van der Waals surface area (Å²) < 4.78 is 5.43. The molecule has 0 aliphatic rings. The number of benzene rings is 1. The number of nitriles is 1. The lowest BCUT2D eigenvalue weighted by molar-refractivity contribution is 0.0837. The fraction of sp³-hybridized carbons (Fsp3) is 0.250. The molecule has 2 aromatic rings. The Morgan fingerprint density at radius 2 is 2.05 bits per heavy atom. The maximum atomic E-state index is 12.1. The SMILES string of the molecule is COC(CNC(=O)c1ccc(C#N)cc1)c1ccc(C)s1. The van der Waals surface area contributed by atoms with Crippen molar-refractivity contribution in [3.05, 3.63) is 57.3 Å². The van der Waals surface area contributed by atoms with Gasteiger partial charge in [-0.1, -0.05) is 0 Å². The number of carbonyl (C=O) groups is 1. The first-order chi connectivity index (χ1) is 10.1. The monoisotopic (exact) mass is 300 g/mol. The molecule has 21 heavy (non-hydrogen) atoms. The minimum absolute atomic E-state index is 0.147. The van der Waals surface area contributed by atoms with Gasteiger partial charge in [0.1, 0.15) is 6.10 Å². The molecular formula is C16H16N2O2S. The summed E-state index contributed by atoms with van der Waals surface area (Å²) in [6.45, 7) is 2.45. The number of hydrogen-bond donors (Lipinski definition) is 1. The second-order valence-corrected chi connectivity index (χ2v) is 5.89. The zero-order valence-corrected chi connectivity index (χ0v) is 12.7. The van der Waals surface area contributed by atoms with E-state index in [1.807, 2.05) is 25.1 Å². The summed E-state index contributed by atoms with van der Waals surface area (Å²) in [5, 5.41) is 11.6. The van der Waals surface area contributed by atoms with Gasteiger partial charge in [-0.2, -0.15) is 5.26 Å². The Balaban J connectivity index is 1.97. The van der Waals surface area contributed by atoms with E-state index in [4.69, 9.17) is 10.00 Å². The highest BCUT2D eigenvalue weighted by molar-refractivity contribution is 7.12. The summed E-state index contributed by atoms with van der Waals surface area (Å²) in [6.07, 6.45) is -0.147. The van der Waals surface area contributed by atoms with Crippen LogP contribution < -0.4 is 5.32 Å². The van der Waals surface area contributed by atoms with Gasteiger partial charge in [-0.25, -0.2) is 0 Å². The molecule has 0 saturated heterocycles. The Morgan fingerprint density at radius 1 is 1.33 bits per heavy atom. The lowest BCUT2D eigenvalue weighted by Gasteiger charge is -2.14. The van der Waals surface area contributed by atoms with Crippen molar-refractivity contribution in [1.82, 2.24) is 5.32 Å². The highest BCUT2D eigenvalue weighted by Gasteiger charge is 2.14. The fourth-order valence-corrected chi connectivity index (χ4v) is 2.87. The third-order valence-corrected chi connectivity index (χ3v) is 4.18. The Hall–Kier alpha value is -2.16. The molecule has 0 bridgehead atoms. The maximum Gasteiger partial charge on any atom is 0.251 e.